The average molecular weight is 242 g/mol. The van der Waals surface area contributed by atoms with Gasteiger partial charge in [0.1, 0.15) is 0 Å². The molecule has 2 rings (SSSR count). The van der Waals surface area contributed by atoms with E-state index in [1.165, 1.54) is 22.9 Å². The normalized spacial score (nSPS) is 11.8. The molecule has 0 radical (unpaired) electrons. The number of aryl methyl sites for hydroxylation is 1. The van der Waals surface area contributed by atoms with E-state index in [2.05, 4.69) is 5.10 Å². The number of aromatic amines is 1. The van der Waals surface area contributed by atoms with E-state index in [0.717, 1.165) is 12.1 Å². The van der Waals surface area contributed by atoms with Crippen LogP contribution in [-0.4, -0.2) is 9.78 Å². The molecule has 0 saturated heterocycles. The van der Waals surface area contributed by atoms with Crippen LogP contribution in [0.1, 0.15) is 11.3 Å². The fourth-order valence-electron chi connectivity index (χ4n) is 1.57. The lowest BCUT2D eigenvalue weighted by atomic mass is 10.2. The molecule has 17 heavy (non-hydrogen) atoms. The van der Waals surface area contributed by atoms with E-state index in [0.29, 0.717) is 5.69 Å². The molecule has 0 aliphatic carbocycles. The summed E-state index contributed by atoms with van der Waals surface area (Å²) in [6.45, 7) is 1.64. The number of aromatic nitrogens is 2. The van der Waals surface area contributed by atoms with E-state index in [-0.39, 0.29) is 11.2 Å². The molecule has 90 valence electrons. The van der Waals surface area contributed by atoms with Gasteiger partial charge in [0.25, 0.3) is 5.56 Å². The Morgan fingerprint density at radius 3 is 2.47 bits per heavy atom. The molecule has 3 nitrogen and oxygen atoms in total. The number of H-pyrrole nitrogens is 1. The molecule has 0 spiro atoms. The smallest absolute Gasteiger partial charge is 0.268 e. The van der Waals surface area contributed by atoms with Gasteiger partial charge < -0.3 is 0 Å². The van der Waals surface area contributed by atoms with Gasteiger partial charge in [0.05, 0.1) is 11.3 Å². The minimum atomic E-state index is -4.39. The molecule has 0 fully saturated rings. The third-order valence-electron chi connectivity index (χ3n) is 2.35. The van der Waals surface area contributed by atoms with Crippen molar-refractivity contribution in [3.05, 3.63) is 51.9 Å². The van der Waals surface area contributed by atoms with Crippen LogP contribution in [0.25, 0.3) is 5.69 Å². The number of hydrogen-bond acceptors (Lipinski definition) is 1. The maximum absolute atomic E-state index is 12.5. The van der Waals surface area contributed by atoms with Gasteiger partial charge in [0.2, 0.25) is 0 Å². The van der Waals surface area contributed by atoms with Gasteiger partial charge >= 0.3 is 6.18 Å². The number of rotatable bonds is 1. The zero-order valence-corrected chi connectivity index (χ0v) is 8.88. The number of halogens is 3. The Kier molecular flexibility index (Phi) is 2.57. The first-order chi connectivity index (χ1) is 7.88. The maximum Gasteiger partial charge on any atom is 0.416 e. The number of benzene rings is 1. The average Bonchev–Trinajstić information content (AvgIpc) is 2.57. The summed E-state index contributed by atoms with van der Waals surface area (Å²) in [6, 6.07) is 6.09. The minimum Gasteiger partial charge on any atom is -0.268 e. The topological polar surface area (TPSA) is 37.8 Å². The third kappa shape index (κ3) is 2.25. The van der Waals surface area contributed by atoms with Gasteiger partial charge in [0.15, 0.2) is 0 Å². The summed E-state index contributed by atoms with van der Waals surface area (Å²) >= 11 is 0. The molecule has 0 atom stereocenters. The predicted molar refractivity (Wildman–Crippen MR) is 56.1 cm³/mol. The van der Waals surface area contributed by atoms with E-state index >= 15 is 0 Å². The summed E-state index contributed by atoms with van der Waals surface area (Å²) in [6.07, 6.45) is -4.39. The third-order valence-corrected chi connectivity index (χ3v) is 2.35. The zero-order chi connectivity index (χ0) is 12.6. The summed E-state index contributed by atoms with van der Waals surface area (Å²) in [5.41, 5.74) is -0.266. The Labute approximate surface area is 94.5 Å². The van der Waals surface area contributed by atoms with Crippen LogP contribution in [0.2, 0.25) is 0 Å². The summed E-state index contributed by atoms with van der Waals surface area (Å²) in [5, 5.41) is 2.43. The van der Waals surface area contributed by atoms with Crippen molar-refractivity contribution in [3.8, 4) is 5.69 Å². The van der Waals surface area contributed by atoms with Gasteiger partial charge in [-0.15, -0.1) is 0 Å². The van der Waals surface area contributed by atoms with Crippen LogP contribution in [0.4, 0.5) is 13.2 Å². The van der Waals surface area contributed by atoms with Gasteiger partial charge in [-0.3, -0.25) is 14.6 Å². The van der Waals surface area contributed by atoms with Gasteiger partial charge in [-0.25, -0.2) is 0 Å². The molecular weight excluding hydrogens is 233 g/mol. The van der Waals surface area contributed by atoms with Gasteiger partial charge in [0, 0.05) is 11.8 Å². The SMILES string of the molecule is Cc1cc(=O)[nH]n1-c1cccc(C(F)(F)F)c1. The van der Waals surface area contributed by atoms with Crippen molar-refractivity contribution < 1.29 is 13.2 Å². The first kappa shape index (κ1) is 11.5. The lowest BCUT2D eigenvalue weighted by Crippen LogP contribution is -2.08. The monoisotopic (exact) mass is 242 g/mol. The Bertz CT molecular complexity index is 595. The summed E-state index contributed by atoms with van der Waals surface area (Å²) < 4.78 is 38.8. The molecule has 2 aromatic rings. The number of alkyl halides is 3. The quantitative estimate of drug-likeness (QED) is 0.819. The minimum absolute atomic E-state index is 0.277. The highest BCUT2D eigenvalue weighted by atomic mass is 19.4. The van der Waals surface area contributed by atoms with Crippen LogP contribution < -0.4 is 5.56 Å². The van der Waals surface area contributed by atoms with Gasteiger partial charge in [-0.05, 0) is 25.1 Å². The van der Waals surface area contributed by atoms with Crippen molar-refractivity contribution in [2.45, 2.75) is 13.1 Å². The molecule has 0 unspecified atom stereocenters. The van der Waals surface area contributed by atoms with Crippen molar-refractivity contribution in [2.75, 3.05) is 0 Å². The molecule has 1 heterocycles. The lowest BCUT2D eigenvalue weighted by Gasteiger charge is -2.10. The van der Waals surface area contributed by atoms with Crippen LogP contribution >= 0.6 is 0 Å². The zero-order valence-electron chi connectivity index (χ0n) is 8.88. The summed E-state index contributed by atoms with van der Waals surface area (Å²) in [7, 11) is 0. The highest BCUT2D eigenvalue weighted by Crippen LogP contribution is 2.30. The lowest BCUT2D eigenvalue weighted by molar-refractivity contribution is -0.137. The largest absolute Gasteiger partial charge is 0.416 e. The van der Waals surface area contributed by atoms with E-state index in [9.17, 15) is 18.0 Å². The number of nitrogens with one attached hydrogen (secondary N) is 1. The fourth-order valence-corrected chi connectivity index (χ4v) is 1.57. The van der Waals surface area contributed by atoms with Gasteiger partial charge in [-0.1, -0.05) is 6.07 Å². The number of nitrogens with zero attached hydrogens (tertiary/aromatic N) is 1. The van der Waals surface area contributed by atoms with Crippen LogP contribution in [0.15, 0.2) is 35.1 Å². The molecule has 0 saturated carbocycles. The van der Waals surface area contributed by atoms with E-state index < -0.39 is 11.7 Å². The van der Waals surface area contributed by atoms with Crippen molar-refractivity contribution in [1.29, 1.82) is 0 Å². The maximum atomic E-state index is 12.5. The molecule has 1 aromatic heterocycles. The first-order valence-electron chi connectivity index (χ1n) is 4.84. The highest BCUT2D eigenvalue weighted by Gasteiger charge is 2.30. The molecule has 1 aromatic carbocycles. The van der Waals surface area contributed by atoms with E-state index in [1.54, 1.807) is 6.92 Å². The second kappa shape index (κ2) is 3.80. The predicted octanol–water partition coefficient (Wildman–Crippen LogP) is 2.49. The van der Waals surface area contributed by atoms with Crippen LogP contribution in [-0.2, 0) is 6.18 Å². The standard InChI is InChI=1S/C11H9F3N2O/c1-7-5-10(17)15-16(7)9-4-2-3-8(6-9)11(12,13)14/h2-6H,1H3,(H,15,17). The van der Waals surface area contributed by atoms with Crippen LogP contribution in [0.5, 0.6) is 0 Å². The fraction of sp³-hybridized carbons (Fsp3) is 0.182. The van der Waals surface area contributed by atoms with Gasteiger partial charge in [-0.2, -0.15) is 13.2 Å². The Morgan fingerprint density at radius 1 is 1.24 bits per heavy atom. The first-order valence-corrected chi connectivity index (χ1v) is 4.84. The molecule has 1 N–H and O–H groups in total. The summed E-state index contributed by atoms with van der Waals surface area (Å²) in [5.74, 6) is 0. The molecule has 0 amide bonds. The highest BCUT2D eigenvalue weighted by molar-refractivity contribution is 5.37. The van der Waals surface area contributed by atoms with Crippen LogP contribution in [0.3, 0.4) is 0 Å². The molecule has 6 heteroatoms. The molecule has 0 aliphatic heterocycles. The second-order valence-electron chi connectivity index (χ2n) is 3.65. The van der Waals surface area contributed by atoms with Crippen molar-refractivity contribution in [2.24, 2.45) is 0 Å². The molecular formula is C11H9F3N2O. The van der Waals surface area contributed by atoms with E-state index in [1.807, 2.05) is 0 Å². The number of hydrogen-bond donors (Lipinski definition) is 1. The van der Waals surface area contributed by atoms with Crippen molar-refractivity contribution in [1.82, 2.24) is 9.78 Å². The summed E-state index contributed by atoms with van der Waals surface area (Å²) in [4.78, 5) is 11.1. The van der Waals surface area contributed by atoms with Crippen molar-refractivity contribution >= 4 is 0 Å². The van der Waals surface area contributed by atoms with Crippen molar-refractivity contribution in [3.63, 3.8) is 0 Å². The Balaban J connectivity index is 2.54. The molecule has 0 bridgehead atoms. The van der Waals surface area contributed by atoms with Crippen LogP contribution in [0, 0.1) is 6.92 Å². The second-order valence-corrected chi connectivity index (χ2v) is 3.65. The molecule has 0 aliphatic rings. The Hall–Kier alpha value is -1.98. The van der Waals surface area contributed by atoms with E-state index in [4.69, 9.17) is 0 Å². The Morgan fingerprint density at radius 2 is 1.94 bits per heavy atom.